The Morgan fingerprint density at radius 1 is 0.742 bits per heavy atom. The van der Waals surface area contributed by atoms with Crippen LogP contribution >= 0.6 is 0 Å². The largest absolute Gasteiger partial charge is 0.352 e. The van der Waals surface area contributed by atoms with Crippen LogP contribution in [0.5, 0.6) is 0 Å². The highest BCUT2D eigenvalue weighted by Gasteiger charge is 2.22. The van der Waals surface area contributed by atoms with Gasteiger partial charge >= 0.3 is 0 Å². The lowest BCUT2D eigenvalue weighted by atomic mass is 10.1. The van der Waals surface area contributed by atoms with Gasteiger partial charge in [0.15, 0.2) is 11.6 Å². The number of piperazine rings is 1. The molecule has 2 aromatic carbocycles. The predicted molar refractivity (Wildman–Crippen MR) is 121 cm³/mol. The Bertz CT molecular complexity index is 999. The van der Waals surface area contributed by atoms with Crippen molar-refractivity contribution in [1.82, 2.24) is 15.1 Å². The van der Waals surface area contributed by atoms with Crippen LogP contribution in [-0.2, 0) is 4.79 Å². The number of aromatic nitrogens is 2. The molecule has 2 heterocycles. The summed E-state index contributed by atoms with van der Waals surface area (Å²) in [6.45, 7) is 2.78. The molecule has 1 fully saturated rings. The molecule has 158 valence electrons. The van der Waals surface area contributed by atoms with E-state index in [0.717, 1.165) is 30.2 Å². The molecule has 1 aromatic heterocycles. The lowest BCUT2D eigenvalue weighted by molar-refractivity contribution is -0.131. The summed E-state index contributed by atoms with van der Waals surface area (Å²) < 4.78 is 0. The molecular formula is C25H26N4O2. The molecule has 0 atom stereocenters. The Labute approximate surface area is 182 Å². The van der Waals surface area contributed by atoms with Crippen molar-refractivity contribution in [3.05, 3.63) is 78.4 Å². The number of ketones is 1. The minimum absolute atomic E-state index is 0.0933. The summed E-state index contributed by atoms with van der Waals surface area (Å²) in [5.74, 6) is 1.04. The summed E-state index contributed by atoms with van der Waals surface area (Å²) in [5.41, 5.74) is 2.61. The summed E-state index contributed by atoms with van der Waals surface area (Å²) >= 11 is 0. The normalized spacial score (nSPS) is 13.8. The van der Waals surface area contributed by atoms with Crippen LogP contribution in [0.3, 0.4) is 0 Å². The van der Waals surface area contributed by atoms with Crippen molar-refractivity contribution in [2.24, 2.45) is 0 Å². The number of amides is 1. The molecule has 0 aliphatic carbocycles. The van der Waals surface area contributed by atoms with Gasteiger partial charge in [-0.25, -0.2) is 0 Å². The summed E-state index contributed by atoms with van der Waals surface area (Å²) in [7, 11) is 0. The van der Waals surface area contributed by atoms with E-state index in [1.54, 1.807) is 0 Å². The summed E-state index contributed by atoms with van der Waals surface area (Å²) in [4.78, 5) is 28.7. The molecule has 0 N–H and O–H groups in total. The zero-order valence-corrected chi connectivity index (χ0v) is 17.5. The Morgan fingerprint density at radius 3 is 2.06 bits per heavy atom. The number of Topliss-reactive ketones (excluding diaryl/α,β-unsaturated/α-hetero) is 1. The number of benzene rings is 2. The predicted octanol–water partition coefficient (Wildman–Crippen LogP) is 3.85. The zero-order valence-electron chi connectivity index (χ0n) is 17.5. The number of carbonyl (C=O) groups is 2. The fourth-order valence-corrected chi connectivity index (χ4v) is 3.77. The van der Waals surface area contributed by atoms with E-state index in [1.165, 1.54) is 0 Å². The van der Waals surface area contributed by atoms with Gasteiger partial charge in [-0.1, -0.05) is 60.7 Å². The van der Waals surface area contributed by atoms with E-state index in [1.807, 2.05) is 77.7 Å². The lowest BCUT2D eigenvalue weighted by Crippen LogP contribution is -2.49. The lowest BCUT2D eigenvalue weighted by Gasteiger charge is -2.35. The zero-order chi connectivity index (χ0) is 21.5. The topological polar surface area (TPSA) is 66.4 Å². The van der Waals surface area contributed by atoms with Crippen molar-refractivity contribution in [2.75, 3.05) is 31.1 Å². The van der Waals surface area contributed by atoms with Gasteiger partial charge in [0.05, 0.1) is 5.69 Å². The molecule has 4 rings (SSSR count). The fourth-order valence-electron chi connectivity index (χ4n) is 3.77. The average molecular weight is 415 g/mol. The molecule has 3 aromatic rings. The number of nitrogens with zero attached hydrogens (tertiary/aromatic N) is 4. The first kappa shape index (κ1) is 20.7. The van der Waals surface area contributed by atoms with Gasteiger partial charge in [-0.05, 0) is 18.6 Å². The van der Waals surface area contributed by atoms with E-state index < -0.39 is 0 Å². The third-order valence-corrected chi connectivity index (χ3v) is 5.57. The third-order valence-electron chi connectivity index (χ3n) is 5.57. The van der Waals surface area contributed by atoms with Crippen LogP contribution in [0.15, 0.2) is 72.8 Å². The van der Waals surface area contributed by atoms with E-state index in [2.05, 4.69) is 15.1 Å². The van der Waals surface area contributed by atoms with Gasteiger partial charge in [0, 0.05) is 50.1 Å². The molecule has 0 radical (unpaired) electrons. The fraction of sp³-hybridized carbons (Fsp3) is 0.280. The highest BCUT2D eigenvalue weighted by molar-refractivity contribution is 5.96. The van der Waals surface area contributed by atoms with Crippen LogP contribution in [-0.4, -0.2) is 53.0 Å². The highest BCUT2D eigenvalue weighted by atomic mass is 16.2. The monoisotopic (exact) mass is 414 g/mol. The van der Waals surface area contributed by atoms with Crippen LogP contribution in [0, 0.1) is 0 Å². The van der Waals surface area contributed by atoms with Crippen LogP contribution in [0.1, 0.15) is 29.6 Å². The number of anilines is 1. The first-order valence-electron chi connectivity index (χ1n) is 10.7. The van der Waals surface area contributed by atoms with Gasteiger partial charge < -0.3 is 9.80 Å². The van der Waals surface area contributed by atoms with Crippen molar-refractivity contribution < 1.29 is 9.59 Å². The Hall–Kier alpha value is -3.54. The molecule has 6 nitrogen and oxygen atoms in total. The highest BCUT2D eigenvalue weighted by Crippen LogP contribution is 2.19. The van der Waals surface area contributed by atoms with E-state index in [4.69, 9.17) is 0 Å². The molecule has 1 amide bonds. The number of rotatable bonds is 7. The number of hydrogen-bond acceptors (Lipinski definition) is 5. The van der Waals surface area contributed by atoms with Gasteiger partial charge in [0.2, 0.25) is 5.91 Å². The minimum Gasteiger partial charge on any atom is -0.352 e. The van der Waals surface area contributed by atoms with Crippen molar-refractivity contribution >= 4 is 17.5 Å². The molecule has 1 aliphatic rings. The molecule has 1 aliphatic heterocycles. The van der Waals surface area contributed by atoms with Crippen LogP contribution in [0.4, 0.5) is 5.82 Å². The van der Waals surface area contributed by atoms with E-state index >= 15 is 0 Å². The second-order valence-corrected chi connectivity index (χ2v) is 7.65. The first-order chi connectivity index (χ1) is 15.2. The molecule has 0 saturated carbocycles. The number of carbonyl (C=O) groups excluding carboxylic acids is 2. The minimum atomic E-state index is 0.0933. The molecule has 0 spiro atoms. The summed E-state index contributed by atoms with van der Waals surface area (Å²) in [6, 6.07) is 23.2. The second kappa shape index (κ2) is 9.98. The van der Waals surface area contributed by atoms with E-state index in [9.17, 15) is 9.59 Å². The smallest absolute Gasteiger partial charge is 0.222 e. The maximum atomic E-state index is 12.5. The Balaban J connectivity index is 1.23. The van der Waals surface area contributed by atoms with E-state index in [0.29, 0.717) is 37.9 Å². The van der Waals surface area contributed by atoms with Crippen LogP contribution in [0.2, 0.25) is 0 Å². The van der Waals surface area contributed by atoms with Crippen molar-refractivity contribution in [2.45, 2.75) is 19.3 Å². The van der Waals surface area contributed by atoms with Gasteiger partial charge in [0.25, 0.3) is 0 Å². The molecular weight excluding hydrogens is 388 g/mol. The molecule has 0 unspecified atom stereocenters. The standard InChI is InChI=1S/C25H26N4O2/c30-23(21-10-5-2-6-11-21)12-7-13-25(31)29-18-16-28(17-19-29)24-15-14-22(26-27-24)20-8-3-1-4-9-20/h1-6,8-11,14-15H,7,12-13,16-19H2. The van der Waals surface area contributed by atoms with Gasteiger partial charge in [-0.15, -0.1) is 10.2 Å². The number of hydrogen-bond donors (Lipinski definition) is 0. The maximum absolute atomic E-state index is 12.5. The Morgan fingerprint density at radius 2 is 1.42 bits per heavy atom. The average Bonchev–Trinajstić information content (AvgIpc) is 2.85. The van der Waals surface area contributed by atoms with Gasteiger partial charge in [-0.3, -0.25) is 9.59 Å². The van der Waals surface area contributed by atoms with Crippen molar-refractivity contribution in [3.63, 3.8) is 0 Å². The maximum Gasteiger partial charge on any atom is 0.222 e. The third kappa shape index (κ3) is 5.34. The van der Waals surface area contributed by atoms with Gasteiger partial charge in [0.1, 0.15) is 0 Å². The molecule has 0 bridgehead atoms. The first-order valence-corrected chi connectivity index (χ1v) is 10.7. The molecule has 31 heavy (non-hydrogen) atoms. The second-order valence-electron chi connectivity index (χ2n) is 7.65. The van der Waals surface area contributed by atoms with Crippen LogP contribution < -0.4 is 4.90 Å². The SMILES string of the molecule is O=C(CCCC(=O)N1CCN(c2ccc(-c3ccccc3)nn2)CC1)c1ccccc1. The Kier molecular flexibility index (Phi) is 6.67. The van der Waals surface area contributed by atoms with Crippen molar-refractivity contribution in [3.8, 4) is 11.3 Å². The quantitative estimate of drug-likeness (QED) is 0.550. The van der Waals surface area contributed by atoms with Gasteiger partial charge in [-0.2, -0.15) is 0 Å². The molecule has 6 heteroatoms. The molecule has 1 saturated heterocycles. The van der Waals surface area contributed by atoms with Crippen LogP contribution in [0.25, 0.3) is 11.3 Å². The van der Waals surface area contributed by atoms with Crippen molar-refractivity contribution in [1.29, 1.82) is 0 Å². The summed E-state index contributed by atoms with van der Waals surface area (Å²) in [5, 5.41) is 8.74. The summed E-state index contributed by atoms with van der Waals surface area (Å²) in [6.07, 6.45) is 1.39. The van der Waals surface area contributed by atoms with E-state index in [-0.39, 0.29) is 11.7 Å².